The number of piperazine rings is 1. The van der Waals surface area contributed by atoms with Crippen LogP contribution in [0.3, 0.4) is 0 Å². The van der Waals surface area contributed by atoms with Gasteiger partial charge in [-0.05, 0) is 45.6 Å². The summed E-state index contributed by atoms with van der Waals surface area (Å²) in [6, 6.07) is 8.94. The van der Waals surface area contributed by atoms with Crippen LogP contribution in [-0.2, 0) is 39.3 Å². The first-order valence-corrected chi connectivity index (χ1v) is 15.3. The molecule has 2 saturated heterocycles. The van der Waals surface area contributed by atoms with Crippen LogP contribution in [0.1, 0.15) is 59.4 Å². The van der Waals surface area contributed by atoms with Gasteiger partial charge >= 0.3 is 13.7 Å². The Morgan fingerprint density at radius 3 is 2.41 bits per heavy atom. The highest BCUT2D eigenvalue weighted by molar-refractivity contribution is 7.51. The molecule has 2 fully saturated rings. The van der Waals surface area contributed by atoms with E-state index < -0.39 is 43.9 Å². The van der Waals surface area contributed by atoms with Crippen molar-refractivity contribution in [2.45, 2.75) is 84.2 Å². The lowest BCUT2D eigenvalue weighted by molar-refractivity contribution is -0.151. The summed E-state index contributed by atoms with van der Waals surface area (Å²) in [5.41, 5.74) is 0.252. The maximum absolute atomic E-state index is 13.5. The predicted molar refractivity (Wildman–Crippen MR) is 147 cm³/mol. The molecule has 0 bridgehead atoms. The second-order valence-corrected chi connectivity index (χ2v) is 12.1. The summed E-state index contributed by atoms with van der Waals surface area (Å²) < 4.78 is 30.0. The van der Waals surface area contributed by atoms with E-state index in [9.17, 15) is 18.9 Å². The summed E-state index contributed by atoms with van der Waals surface area (Å²) in [5, 5.41) is 5.54. The maximum Gasteiger partial charge on any atom is 0.407 e. The monoisotopic (exact) mass is 566 g/mol. The van der Waals surface area contributed by atoms with Crippen LogP contribution in [-0.4, -0.2) is 84.2 Å². The lowest BCUT2D eigenvalue weighted by Crippen LogP contribution is -2.66. The highest BCUT2D eigenvalue weighted by Crippen LogP contribution is 2.45. The number of amides is 2. The molecule has 3 unspecified atom stereocenters. The van der Waals surface area contributed by atoms with Crippen LogP contribution in [0, 0.1) is 0 Å². The zero-order chi connectivity index (χ0) is 28.6. The van der Waals surface area contributed by atoms with Crippen molar-refractivity contribution in [2.75, 3.05) is 32.8 Å². The summed E-state index contributed by atoms with van der Waals surface area (Å²) in [6.07, 6.45) is 1.18. The molecule has 2 N–H and O–H groups in total. The van der Waals surface area contributed by atoms with Crippen molar-refractivity contribution in [3.63, 3.8) is 0 Å². The van der Waals surface area contributed by atoms with Crippen molar-refractivity contribution in [3.8, 4) is 0 Å². The first-order valence-electron chi connectivity index (χ1n) is 13.8. The molecule has 1 aromatic carbocycles. The van der Waals surface area contributed by atoms with Gasteiger partial charge in [0, 0.05) is 32.7 Å². The molecule has 39 heavy (non-hydrogen) atoms. The molecule has 11 nitrogen and oxygen atoms in total. The Balaban J connectivity index is 1.65. The highest BCUT2D eigenvalue weighted by Gasteiger charge is 2.51. The number of rotatable bonds is 13. The van der Waals surface area contributed by atoms with E-state index in [1.807, 2.05) is 44.2 Å². The zero-order valence-corrected chi connectivity index (χ0v) is 24.6. The van der Waals surface area contributed by atoms with Crippen LogP contribution in [0.15, 0.2) is 30.3 Å². The van der Waals surface area contributed by atoms with Gasteiger partial charge < -0.3 is 15.0 Å². The molecule has 1 aromatic rings. The minimum Gasteiger partial charge on any atom is -0.461 e. The van der Waals surface area contributed by atoms with E-state index in [0.717, 1.165) is 5.56 Å². The van der Waals surface area contributed by atoms with Crippen LogP contribution in [0.25, 0.3) is 0 Å². The number of benzene rings is 1. The van der Waals surface area contributed by atoms with Crippen molar-refractivity contribution < 1.29 is 32.7 Å². The molecule has 0 saturated carbocycles. The van der Waals surface area contributed by atoms with Gasteiger partial charge in [-0.2, -0.15) is 0 Å². The molecular formula is C27H43N4O7P. The van der Waals surface area contributed by atoms with E-state index in [-0.39, 0.29) is 18.6 Å². The van der Waals surface area contributed by atoms with Crippen LogP contribution >= 0.6 is 7.75 Å². The molecule has 0 aromatic heterocycles. The number of nitrogens with one attached hydrogen (secondary N) is 2. The quantitative estimate of drug-likeness (QED) is 0.274. The number of carbonyl (C=O) groups is 3. The molecule has 2 aliphatic heterocycles. The maximum atomic E-state index is 13.5. The SMILES string of the molecule is CCC(CC)OC(=O)C(C)NP(=O)(OCC(=O)N1CCN(Cc2ccccc2)C2(CCNC2=O)C1)OC(C)C. The van der Waals surface area contributed by atoms with Crippen molar-refractivity contribution in [2.24, 2.45) is 0 Å². The van der Waals surface area contributed by atoms with E-state index in [0.29, 0.717) is 45.4 Å². The zero-order valence-electron chi connectivity index (χ0n) is 23.7. The Morgan fingerprint density at radius 2 is 1.82 bits per heavy atom. The fourth-order valence-electron chi connectivity index (χ4n) is 4.93. The third-order valence-corrected chi connectivity index (χ3v) is 8.99. The number of carbonyl (C=O) groups excluding carboxylic acids is 3. The van der Waals surface area contributed by atoms with Gasteiger partial charge in [0.2, 0.25) is 11.8 Å². The average Bonchev–Trinajstić information content (AvgIpc) is 3.26. The molecular weight excluding hydrogens is 523 g/mol. The Labute approximate surface area is 231 Å². The standard InChI is InChI=1S/C27H43N4O7P/c1-6-23(7-2)37-25(33)21(5)29-39(35,38-20(3)4)36-18-24(32)30-15-16-31(17-22-11-9-8-10-12-22)27(19-30)13-14-28-26(27)34/h8-12,20-21,23H,6-7,13-19H2,1-5H3,(H,28,34)(H,29,35). The van der Waals surface area contributed by atoms with Crippen LogP contribution < -0.4 is 10.4 Å². The molecule has 12 heteroatoms. The molecule has 0 radical (unpaired) electrons. The van der Waals surface area contributed by atoms with E-state index in [1.54, 1.807) is 18.7 Å². The third-order valence-electron chi connectivity index (χ3n) is 7.12. The van der Waals surface area contributed by atoms with Gasteiger partial charge in [-0.25, -0.2) is 9.65 Å². The highest BCUT2D eigenvalue weighted by atomic mass is 31.2. The first kappa shape index (κ1) is 31.2. The Morgan fingerprint density at radius 1 is 1.13 bits per heavy atom. The molecule has 218 valence electrons. The molecule has 2 amide bonds. The average molecular weight is 567 g/mol. The fraction of sp³-hybridized carbons (Fsp3) is 0.667. The van der Waals surface area contributed by atoms with E-state index in [1.165, 1.54) is 6.92 Å². The summed E-state index contributed by atoms with van der Waals surface area (Å²) in [7, 11) is -4.04. The first-order chi connectivity index (χ1) is 18.5. The minimum atomic E-state index is -4.04. The number of esters is 1. The van der Waals surface area contributed by atoms with Crippen molar-refractivity contribution >= 4 is 25.5 Å². The molecule has 3 rings (SSSR count). The van der Waals surface area contributed by atoms with E-state index in [4.69, 9.17) is 13.8 Å². The smallest absolute Gasteiger partial charge is 0.407 e. The van der Waals surface area contributed by atoms with Crippen molar-refractivity contribution in [3.05, 3.63) is 35.9 Å². The largest absolute Gasteiger partial charge is 0.461 e. The topological polar surface area (TPSA) is 127 Å². The van der Waals surface area contributed by atoms with Gasteiger partial charge in [0.15, 0.2) is 0 Å². The molecule has 2 aliphatic rings. The predicted octanol–water partition coefficient (Wildman–Crippen LogP) is 2.85. The van der Waals surface area contributed by atoms with Gasteiger partial charge in [0.25, 0.3) is 0 Å². The Hall–Kier alpha value is -2.30. The number of nitrogens with zero attached hydrogens (tertiary/aromatic N) is 2. The molecule has 1 spiro atoms. The molecule has 0 aliphatic carbocycles. The number of ether oxygens (including phenoxy) is 1. The van der Waals surface area contributed by atoms with Gasteiger partial charge in [-0.15, -0.1) is 0 Å². The Kier molecular flexibility index (Phi) is 11.1. The third kappa shape index (κ3) is 8.11. The van der Waals surface area contributed by atoms with E-state index >= 15 is 0 Å². The van der Waals surface area contributed by atoms with Crippen LogP contribution in [0.5, 0.6) is 0 Å². The normalized spacial score (nSPS) is 22.2. The molecule has 2 heterocycles. The van der Waals surface area contributed by atoms with Gasteiger partial charge in [0.05, 0.1) is 6.10 Å². The van der Waals surface area contributed by atoms with Gasteiger partial charge in [0.1, 0.15) is 24.3 Å². The summed E-state index contributed by atoms with van der Waals surface area (Å²) in [6.45, 7) is 10.4. The number of hydrogen-bond donors (Lipinski definition) is 2. The number of hydrogen-bond acceptors (Lipinski definition) is 8. The second-order valence-electron chi connectivity index (χ2n) is 10.4. The fourth-order valence-corrected chi connectivity index (χ4v) is 6.54. The van der Waals surface area contributed by atoms with Gasteiger partial charge in [-0.1, -0.05) is 44.2 Å². The lowest BCUT2D eigenvalue weighted by Gasteiger charge is -2.47. The van der Waals surface area contributed by atoms with Gasteiger partial charge in [-0.3, -0.25) is 28.3 Å². The summed E-state index contributed by atoms with van der Waals surface area (Å²) in [4.78, 5) is 42.5. The Bertz CT molecular complexity index is 1040. The van der Waals surface area contributed by atoms with Crippen LogP contribution in [0.4, 0.5) is 0 Å². The summed E-state index contributed by atoms with van der Waals surface area (Å²) >= 11 is 0. The summed E-state index contributed by atoms with van der Waals surface area (Å²) in [5.74, 6) is -1.08. The van der Waals surface area contributed by atoms with Crippen molar-refractivity contribution in [1.82, 2.24) is 20.2 Å². The van der Waals surface area contributed by atoms with Crippen LogP contribution in [0.2, 0.25) is 0 Å². The van der Waals surface area contributed by atoms with Crippen molar-refractivity contribution in [1.29, 1.82) is 0 Å². The minimum absolute atomic E-state index is 0.0999. The van der Waals surface area contributed by atoms with E-state index in [2.05, 4.69) is 15.3 Å². The lowest BCUT2D eigenvalue weighted by atomic mass is 9.91. The molecule has 3 atom stereocenters. The second kappa shape index (κ2) is 13.9.